The lowest BCUT2D eigenvalue weighted by molar-refractivity contribution is -0.140. The summed E-state index contributed by atoms with van der Waals surface area (Å²) in [5.74, 6) is -0.341. The topological polar surface area (TPSA) is 55.6 Å². The zero-order valence-electron chi connectivity index (χ0n) is 12.2. The zero-order chi connectivity index (χ0) is 14.3. The lowest BCUT2D eigenvalue weighted by Crippen LogP contribution is -2.20. The van der Waals surface area contributed by atoms with Gasteiger partial charge in [0.1, 0.15) is 0 Å². The van der Waals surface area contributed by atoms with Gasteiger partial charge < -0.3 is 9.47 Å². The molecular weight excluding hydrogens is 246 g/mol. The molecule has 5 nitrogen and oxygen atoms in total. The SMILES string of the molecule is CCCCCCC[C@@H]1[C@@H](C(=O)OC)N1C(=O)OCC. The second-order valence-corrected chi connectivity index (χ2v) is 4.84. The number of rotatable bonds is 8. The quantitative estimate of drug-likeness (QED) is 0.387. The predicted octanol–water partition coefficient (Wildman–Crippen LogP) is 2.73. The Labute approximate surface area is 115 Å². The third-order valence-corrected chi connectivity index (χ3v) is 3.46. The van der Waals surface area contributed by atoms with E-state index < -0.39 is 12.1 Å². The van der Waals surface area contributed by atoms with Crippen molar-refractivity contribution in [2.75, 3.05) is 13.7 Å². The van der Waals surface area contributed by atoms with Gasteiger partial charge in [-0.2, -0.15) is 0 Å². The van der Waals surface area contributed by atoms with E-state index in [0.29, 0.717) is 6.61 Å². The summed E-state index contributed by atoms with van der Waals surface area (Å²) in [7, 11) is 1.35. The van der Waals surface area contributed by atoms with Crippen molar-refractivity contribution in [3.8, 4) is 0 Å². The van der Waals surface area contributed by atoms with Crippen LogP contribution in [-0.4, -0.2) is 42.8 Å². The number of amides is 1. The molecule has 0 bridgehead atoms. The molecular formula is C14H25NO4. The number of carbonyl (C=O) groups excluding carboxylic acids is 2. The van der Waals surface area contributed by atoms with Crippen LogP contribution in [0.3, 0.4) is 0 Å². The molecule has 0 aromatic carbocycles. The predicted molar refractivity (Wildman–Crippen MR) is 71.8 cm³/mol. The summed E-state index contributed by atoms with van der Waals surface area (Å²) in [5, 5.41) is 0. The van der Waals surface area contributed by atoms with Gasteiger partial charge in [-0.1, -0.05) is 39.0 Å². The summed E-state index contributed by atoms with van der Waals surface area (Å²) in [6, 6.07) is -0.469. The molecule has 1 aliphatic rings. The van der Waals surface area contributed by atoms with E-state index in [1.54, 1.807) is 6.92 Å². The molecule has 0 radical (unpaired) electrons. The molecule has 110 valence electrons. The van der Waals surface area contributed by atoms with Gasteiger partial charge in [-0.05, 0) is 13.3 Å². The van der Waals surface area contributed by atoms with Crippen LogP contribution in [-0.2, 0) is 14.3 Å². The molecule has 0 N–H and O–H groups in total. The first-order valence-electron chi connectivity index (χ1n) is 7.20. The van der Waals surface area contributed by atoms with Crippen LogP contribution in [0.5, 0.6) is 0 Å². The maximum absolute atomic E-state index is 11.7. The molecule has 2 atom stereocenters. The van der Waals surface area contributed by atoms with Crippen LogP contribution in [0.4, 0.5) is 4.79 Å². The van der Waals surface area contributed by atoms with Crippen LogP contribution in [0.1, 0.15) is 52.4 Å². The lowest BCUT2D eigenvalue weighted by atomic mass is 10.1. The van der Waals surface area contributed by atoms with E-state index in [0.717, 1.165) is 19.3 Å². The summed E-state index contributed by atoms with van der Waals surface area (Å²) < 4.78 is 9.66. The number of hydrogen-bond donors (Lipinski definition) is 0. The van der Waals surface area contributed by atoms with Gasteiger partial charge in [-0.15, -0.1) is 0 Å². The highest BCUT2D eigenvalue weighted by molar-refractivity contribution is 5.88. The number of methoxy groups -OCH3 is 1. The summed E-state index contributed by atoms with van der Waals surface area (Å²) in [4.78, 5) is 24.7. The molecule has 1 aliphatic heterocycles. The highest BCUT2D eigenvalue weighted by Gasteiger charge is 2.56. The monoisotopic (exact) mass is 271 g/mol. The summed E-state index contributed by atoms with van der Waals surface area (Å²) in [5.41, 5.74) is 0. The Morgan fingerprint density at radius 1 is 1.11 bits per heavy atom. The fourth-order valence-electron chi connectivity index (χ4n) is 2.37. The highest BCUT2D eigenvalue weighted by Crippen LogP contribution is 2.34. The molecule has 19 heavy (non-hydrogen) atoms. The standard InChI is InChI=1S/C14H25NO4/c1-4-6-7-8-9-10-11-12(13(16)18-3)15(11)14(17)19-5-2/h11-12H,4-10H2,1-3H3/t11-,12+,15?/m1/s1. The minimum absolute atomic E-state index is 0.0341. The summed E-state index contributed by atoms with van der Waals surface area (Å²) in [6.07, 6.45) is 6.29. The second kappa shape index (κ2) is 8.02. The Kier molecular flexibility index (Phi) is 6.67. The lowest BCUT2D eigenvalue weighted by Gasteiger charge is -2.04. The first-order chi connectivity index (χ1) is 9.17. The molecule has 1 heterocycles. The van der Waals surface area contributed by atoms with E-state index in [1.807, 2.05) is 0 Å². The first kappa shape index (κ1) is 15.8. The average molecular weight is 271 g/mol. The van der Waals surface area contributed by atoms with Gasteiger partial charge in [-0.3, -0.25) is 4.90 Å². The number of carbonyl (C=O) groups is 2. The average Bonchev–Trinajstić information content (AvgIpc) is 3.12. The fourth-order valence-corrected chi connectivity index (χ4v) is 2.37. The Bertz CT molecular complexity index is 306. The smallest absolute Gasteiger partial charge is 0.410 e. The zero-order valence-corrected chi connectivity index (χ0v) is 12.2. The minimum atomic E-state index is -0.435. The van der Waals surface area contributed by atoms with Crippen LogP contribution >= 0.6 is 0 Å². The highest BCUT2D eigenvalue weighted by atomic mass is 16.6. The van der Waals surface area contributed by atoms with E-state index in [2.05, 4.69) is 6.92 Å². The third-order valence-electron chi connectivity index (χ3n) is 3.46. The van der Waals surface area contributed by atoms with Crippen molar-refractivity contribution in [2.45, 2.75) is 64.5 Å². The number of ether oxygens (including phenoxy) is 2. The van der Waals surface area contributed by atoms with Crippen molar-refractivity contribution in [1.82, 2.24) is 4.90 Å². The second-order valence-electron chi connectivity index (χ2n) is 4.84. The number of esters is 1. The summed E-state index contributed by atoms with van der Waals surface area (Å²) in [6.45, 7) is 4.26. The summed E-state index contributed by atoms with van der Waals surface area (Å²) >= 11 is 0. The molecule has 0 aliphatic carbocycles. The van der Waals surface area contributed by atoms with Gasteiger partial charge in [0, 0.05) is 0 Å². The molecule has 1 rings (SSSR count). The maximum Gasteiger partial charge on any atom is 0.410 e. The Morgan fingerprint density at radius 2 is 1.79 bits per heavy atom. The van der Waals surface area contributed by atoms with Crippen molar-refractivity contribution in [3.05, 3.63) is 0 Å². The fraction of sp³-hybridized carbons (Fsp3) is 0.857. The molecule has 1 amide bonds. The molecule has 0 unspecified atom stereocenters. The first-order valence-corrected chi connectivity index (χ1v) is 7.20. The minimum Gasteiger partial charge on any atom is -0.467 e. The van der Waals surface area contributed by atoms with Crippen LogP contribution < -0.4 is 0 Å². The van der Waals surface area contributed by atoms with E-state index in [9.17, 15) is 9.59 Å². The van der Waals surface area contributed by atoms with E-state index in [-0.39, 0.29) is 12.0 Å². The van der Waals surface area contributed by atoms with Crippen LogP contribution in [0.2, 0.25) is 0 Å². The molecule has 0 aromatic heterocycles. The third kappa shape index (κ3) is 4.40. The maximum atomic E-state index is 11.7. The largest absolute Gasteiger partial charge is 0.467 e. The normalized spacial score (nSPS) is 21.1. The van der Waals surface area contributed by atoms with Crippen molar-refractivity contribution < 1.29 is 19.1 Å². The van der Waals surface area contributed by atoms with Crippen molar-refractivity contribution in [3.63, 3.8) is 0 Å². The van der Waals surface area contributed by atoms with Gasteiger partial charge >= 0.3 is 12.1 Å². The number of nitrogens with zero attached hydrogens (tertiary/aromatic N) is 1. The van der Waals surface area contributed by atoms with Gasteiger partial charge in [0.2, 0.25) is 0 Å². The van der Waals surface area contributed by atoms with Gasteiger partial charge in [-0.25, -0.2) is 9.59 Å². The van der Waals surface area contributed by atoms with Crippen molar-refractivity contribution in [1.29, 1.82) is 0 Å². The van der Waals surface area contributed by atoms with E-state index in [4.69, 9.17) is 9.47 Å². The number of unbranched alkanes of at least 4 members (excludes halogenated alkanes) is 4. The van der Waals surface area contributed by atoms with Gasteiger partial charge in [0.05, 0.1) is 19.8 Å². The van der Waals surface area contributed by atoms with E-state index >= 15 is 0 Å². The molecule has 0 saturated carbocycles. The molecule has 5 heteroatoms. The van der Waals surface area contributed by atoms with Crippen LogP contribution in [0.15, 0.2) is 0 Å². The van der Waals surface area contributed by atoms with E-state index in [1.165, 1.54) is 31.3 Å². The van der Waals surface area contributed by atoms with Crippen molar-refractivity contribution >= 4 is 12.1 Å². The number of hydrogen-bond acceptors (Lipinski definition) is 4. The molecule has 0 spiro atoms. The molecule has 0 aromatic rings. The van der Waals surface area contributed by atoms with Crippen LogP contribution in [0, 0.1) is 0 Å². The van der Waals surface area contributed by atoms with Crippen molar-refractivity contribution in [2.24, 2.45) is 0 Å². The van der Waals surface area contributed by atoms with Gasteiger partial charge in [0.25, 0.3) is 0 Å². The van der Waals surface area contributed by atoms with Gasteiger partial charge in [0.15, 0.2) is 6.04 Å². The van der Waals surface area contributed by atoms with Crippen LogP contribution in [0.25, 0.3) is 0 Å². The Hall–Kier alpha value is -1.26. The molecule has 1 fully saturated rings. The Morgan fingerprint density at radius 3 is 2.37 bits per heavy atom. The molecule has 1 saturated heterocycles. The Balaban J connectivity index is 2.37.